The van der Waals surface area contributed by atoms with Crippen LogP contribution in [0.5, 0.6) is 0 Å². The van der Waals surface area contributed by atoms with E-state index in [4.69, 9.17) is 20.3 Å². The fourth-order valence-corrected chi connectivity index (χ4v) is 2.14. The second kappa shape index (κ2) is 5.61. The molecule has 25 heavy (non-hydrogen) atoms. The molecule has 0 aliphatic carbocycles. The number of aryl methyl sites for hydroxylation is 1. The van der Waals surface area contributed by atoms with Crippen molar-refractivity contribution >= 4 is 12.7 Å². The van der Waals surface area contributed by atoms with Crippen molar-refractivity contribution in [2.24, 2.45) is 0 Å². The van der Waals surface area contributed by atoms with E-state index < -0.39 is 78.8 Å². The summed E-state index contributed by atoms with van der Waals surface area (Å²) in [6.45, 7) is 3.80. The monoisotopic (exact) mass is 360 g/mol. The Labute approximate surface area is 156 Å². The van der Waals surface area contributed by atoms with Crippen molar-refractivity contribution in [3.05, 3.63) is 41.7 Å². The van der Waals surface area contributed by atoms with Crippen LogP contribution in [0.25, 0.3) is 5.69 Å². The van der Waals surface area contributed by atoms with Crippen LogP contribution in [0.3, 0.4) is 0 Å². The number of rotatable bonds is 2. The lowest BCUT2D eigenvalue weighted by atomic mass is 9.86. The minimum Gasteiger partial charge on any atom is -0.398 e. The summed E-state index contributed by atoms with van der Waals surface area (Å²) in [5, 5.41) is 0. The molecule has 0 atom stereocenters. The molecule has 0 spiro atoms. The number of hydrogen-bond donors (Lipinski definition) is 0. The fraction of sp³-hybridized carbons (Fsp3) is 0.471. The summed E-state index contributed by atoms with van der Waals surface area (Å²) in [6, 6.07) is -5.17. The Bertz CT molecular complexity index is 1090. The van der Waals surface area contributed by atoms with E-state index >= 15 is 0 Å². The first-order chi connectivity index (χ1) is 14.7. The van der Waals surface area contributed by atoms with E-state index in [9.17, 15) is 13.2 Å². The molecular formula is C17H20BF3N2O2. The number of aromatic nitrogens is 2. The Morgan fingerprint density at radius 1 is 1.12 bits per heavy atom. The molecule has 2 aromatic rings. The minimum atomic E-state index is -5.18. The van der Waals surface area contributed by atoms with Crippen LogP contribution >= 0.6 is 0 Å². The van der Waals surface area contributed by atoms with E-state index in [0.29, 0.717) is 4.57 Å². The van der Waals surface area contributed by atoms with Crippen LogP contribution in [-0.2, 0) is 15.5 Å². The molecule has 1 aliphatic heterocycles. The van der Waals surface area contributed by atoms with Crippen molar-refractivity contribution in [1.82, 2.24) is 9.55 Å². The number of halogens is 3. The van der Waals surface area contributed by atoms with Crippen LogP contribution in [0, 0.1) is 6.85 Å². The van der Waals surface area contributed by atoms with E-state index in [-0.39, 0.29) is 5.59 Å². The van der Waals surface area contributed by atoms with Crippen LogP contribution in [0.2, 0.25) is 0 Å². The van der Waals surface area contributed by atoms with Crippen molar-refractivity contribution in [3.8, 4) is 5.69 Å². The van der Waals surface area contributed by atoms with Crippen molar-refractivity contribution < 1.29 is 33.4 Å². The van der Waals surface area contributed by atoms with Gasteiger partial charge >= 0.3 is 13.3 Å². The van der Waals surface area contributed by atoms with E-state index in [1.807, 2.05) is 0 Å². The largest absolute Gasteiger partial charge is 0.516 e. The lowest BCUT2D eigenvalue weighted by molar-refractivity contribution is -0.137. The summed E-state index contributed by atoms with van der Waals surface area (Å²) in [6.07, 6.45) is -5.89. The van der Waals surface area contributed by atoms with Crippen LogP contribution in [0.15, 0.2) is 30.3 Å². The van der Waals surface area contributed by atoms with Gasteiger partial charge in [-0.1, -0.05) is 0 Å². The van der Waals surface area contributed by atoms with Crippen molar-refractivity contribution in [2.75, 3.05) is 0 Å². The lowest BCUT2D eigenvalue weighted by Crippen LogP contribution is -2.41. The number of benzene rings is 1. The summed E-state index contributed by atoms with van der Waals surface area (Å²) in [5.41, 5.74) is -4.73. The molecule has 1 saturated heterocycles. The van der Waals surface area contributed by atoms with Gasteiger partial charge in [0.2, 0.25) is 0 Å². The Morgan fingerprint density at radius 2 is 1.68 bits per heavy atom. The standard InChI is InChI=1S/C17H20BF3N2O2/c1-11-22-14(18-24-15(2,3)16(4,5)25-18)10-23(11)13-8-6-12(7-9-13)17(19,20)21/h6-10H,1-5H3/i1D3,6D,7D,8D,9D,10D. The van der Waals surface area contributed by atoms with Crippen molar-refractivity contribution in [3.63, 3.8) is 0 Å². The Balaban J connectivity index is 2.34. The van der Waals surface area contributed by atoms with E-state index in [0.717, 1.165) is 0 Å². The highest BCUT2D eigenvalue weighted by Gasteiger charge is 2.52. The molecule has 134 valence electrons. The summed E-state index contributed by atoms with van der Waals surface area (Å²) >= 11 is 0. The van der Waals surface area contributed by atoms with E-state index in [1.54, 1.807) is 27.7 Å². The first kappa shape index (κ1) is 10.4. The average Bonchev–Trinajstić information content (AvgIpc) is 3.06. The van der Waals surface area contributed by atoms with Gasteiger partial charge in [0.25, 0.3) is 0 Å². The predicted octanol–water partition coefficient (Wildman–Crippen LogP) is 3.50. The molecule has 0 saturated carbocycles. The molecule has 3 rings (SSSR count). The van der Waals surface area contributed by atoms with E-state index in [2.05, 4.69) is 4.98 Å². The van der Waals surface area contributed by atoms with Gasteiger partial charge in [-0.25, -0.2) is 4.98 Å². The van der Waals surface area contributed by atoms with Gasteiger partial charge in [-0.2, -0.15) is 13.2 Å². The first-order valence-corrected chi connectivity index (χ1v) is 7.35. The SMILES string of the molecule is [2H]c1c([2H])c(C(F)(F)F)c([2H])c([2H])c1-n1c(C([2H])([2H])[2H])nc(B2OC(C)(C)C(C)(C)O2)c1[2H]. The zero-order valence-electron chi connectivity index (χ0n) is 21.9. The van der Waals surface area contributed by atoms with Crippen LogP contribution in [0.1, 0.15) is 50.0 Å². The molecule has 8 heteroatoms. The molecule has 0 bridgehead atoms. The van der Waals surface area contributed by atoms with Gasteiger partial charge in [-0.3, -0.25) is 0 Å². The third kappa shape index (κ3) is 3.20. The fourth-order valence-electron chi connectivity index (χ4n) is 2.14. The van der Waals surface area contributed by atoms with Crippen LogP contribution < -0.4 is 5.59 Å². The van der Waals surface area contributed by atoms with Gasteiger partial charge in [-0.05, 0) is 58.7 Å². The zero-order chi connectivity index (χ0) is 25.5. The average molecular weight is 360 g/mol. The maximum Gasteiger partial charge on any atom is 0.516 e. The second-order valence-electron chi connectivity index (χ2n) is 6.58. The Hall–Kier alpha value is -1.80. The van der Waals surface area contributed by atoms with Crippen LogP contribution in [0.4, 0.5) is 13.2 Å². The van der Waals surface area contributed by atoms with Crippen molar-refractivity contribution in [2.45, 2.75) is 51.9 Å². The molecule has 0 N–H and O–H groups in total. The minimum absolute atomic E-state index is 0.323. The Morgan fingerprint density at radius 3 is 2.16 bits per heavy atom. The summed E-state index contributed by atoms with van der Waals surface area (Å²) in [4.78, 5) is 3.93. The van der Waals surface area contributed by atoms with Gasteiger partial charge in [0.1, 0.15) is 5.82 Å². The van der Waals surface area contributed by atoms with Gasteiger partial charge in [0.15, 0.2) is 0 Å². The summed E-state index contributed by atoms with van der Waals surface area (Å²) in [5.74, 6) is -0.835. The quantitative estimate of drug-likeness (QED) is 0.770. The Kier molecular flexibility index (Phi) is 2.33. The number of nitrogens with zero attached hydrogens (tertiary/aromatic N) is 2. The first-order valence-electron chi connectivity index (χ1n) is 11.4. The maximum absolute atomic E-state index is 13.3. The van der Waals surface area contributed by atoms with Crippen molar-refractivity contribution in [1.29, 1.82) is 0 Å². The lowest BCUT2D eigenvalue weighted by Gasteiger charge is -2.32. The third-order valence-corrected chi connectivity index (χ3v) is 4.26. The molecule has 1 aromatic heterocycles. The van der Waals surface area contributed by atoms with Gasteiger partial charge in [-0.15, -0.1) is 0 Å². The zero-order valence-corrected chi connectivity index (χ0v) is 13.9. The number of hydrogen-bond acceptors (Lipinski definition) is 3. The topological polar surface area (TPSA) is 36.3 Å². The second-order valence-corrected chi connectivity index (χ2v) is 6.58. The predicted molar refractivity (Wildman–Crippen MR) is 89.0 cm³/mol. The maximum atomic E-state index is 13.3. The van der Waals surface area contributed by atoms with Gasteiger partial charge in [0, 0.05) is 16.0 Å². The molecule has 0 unspecified atom stereocenters. The molecule has 0 amide bonds. The van der Waals surface area contributed by atoms with E-state index in [1.165, 1.54) is 0 Å². The molecular weight excluding hydrogens is 332 g/mol. The molecule has 1 aromatic carbocycles. The smallest absolute Gasteiger partial charge is 0.398 e. The van der Waals surface area contributed by atoms with Gasteiger partial charge < -0.3 is 13.9 Å². The highest BCUT2D eigenvalue weighted by atomic mass is 19.4. The number of alkyl halides is 3. The molecule has 1 aliphatic rings. The highest BCUT2D eigenvalue weighted by molar-refractivity contribution is 6.61. The third-order valence-electron chi connectivity index (χ3n) is 4.26. The molecule has 0 radical (unpaired) electrons. The molecule has 1 fully saturated rings. The number of imidazole rings is 1. The summed E-state index contributed by atoms with van der Waals surface area (Å²) in [7, 11) is -1.31. The molecule has 4 nitrogen and oxygen atoms in total. The van der Waals surface area contributed by atoms with Gasteiger partial charge in [0.05, 0.1) is 29.2 Å². The van der Waals surface area contributed by atoms with Crippen LogP contribution in [-0.4, -0.2) is 27.9 Å². The normalized spacial score (nSPS) is 24.5. The highest BCUT2D eigenvalue weighted by Crippen LogP contribution is 2.36. The summed E-state index contributed by atoms with van der Waals surface area (Å²) < 4.78 is 116. The molecule has 2 heterocycles.